The average molecular weight is 385 g/mol. The fourth-order valence-corrected chi connectivity index (χ4v) is 3.48. The van der Waals surface area contributed by atoms with E-state index in [1.165, 1.54) is 0 Å². The maximum absolute atomic E-state index is 13.0. The molecule has 28 heavy (non-hydrogen) atoms. The number of alkyl halides is 2. The number of hydrogen-bond donors (Lipinski definition) is 1. The van der Waals surface area contributed by atoms with E-state index in [0.717, 1.165) is 28.2 Å². The second kappa shape index (κ2) is 6.96. The van der Waals surface area contributed by atoms with Crippen molar-refractivity contribution in [2.24, 2.45) is 10.9 Å². The van der Waals surface area contributed by atoms with E-state index in [0.29, 0.717) is 12.4 Å². The maximum Gasteiger partial charge on any atom is 0.249 e. The van der Waals surface area contributed by atoms with Gasteiger partial charge in [0.1, 0.15) is 11.6 Å². The molecule has 1 aromatic carbocycles. The molecule has 2 heterocycles. The number of halogens is 2. The Bertz CT molecular complexity index is 948. The number of fused-ring (bicyclic) bond motifs is 1. The minimum Gasteiger partial charge on any atom is -0.491 e. The molecule has 0 spiro atoms. The molecule has 2 aromatic rings. The molecule has 7 heteroatoms. The van der Waals surface area contributed by atoms with Crippen molar-refractivity contribution in [3.63, 3.8) is 0 Å². The van der Waals surface area contributed by atoms with Gasteiger partial charge in [0.2, 0.25) is 11.8 Å². The van der Waals surface area contributed by atoms with Gasteiger partial charge in [0.05, 0.1) is 18.4 Å². The van der Waals surface area contributed by atoms with E-state index >= 15 is 0 Å². The van der Waals surface area contributed by atoms with E-state index in [9.17, 15) is 13.6 Å². The van der Waals surface area contributed by atoms with Gasteiger partial charge in [0, 0.05) is 36.1 Å². The van der Waals surface area contributed by atoms with Gasteiger partial charge >= 0.3 is 0 Å². The van der Waals surface area contributed by atoms with Crippen LogP contribution >= 0.6 is 0 Å². The minimum absolute atomic E-state index is 0.0708. The number of carbonyl (C=O) groups excluding carboxylic acids is 1. The zero-order valence-electron chi connectivity index (χ0n) is 15.7. The molecule has 4 rings (SSSR count). The normalized spacial score (nSPS) is 17.7. The molecule has 1 N–H and O–H groups in total. The lowest BCUT2D eigenvalue weighted by Crippen LogP contribution is -2.42. The van der Waals surface area contributed by atoms with E-state index in [1.54, 1.807) is 12.3 Å². The molecule has 0 atom stereocenters. The fraction of sp³-hybridized carbons (Fsp3) is 0.381. The van der Waals surface area contributed by atoms with Gasteiger partial charge in [-0.3, -0.25) is 9.79 Å². The number of carbonyl (C=O) groups is 1. The number of pyridine rings is 1. The lowest BCUT2D eigenvalue weighted by Gasteiger charge is -2.33. The van der Waals surface area contributed by atoms with Crippen molar-refractivity contribution < 1.29 is 18.3 Å². The lowest BCUT2D eigenvalue weighted by atomic mass is 9.81. The van der Waals surface area contributed by atoms with Crippen LogP contribution in [0.2, 0.25) is 0 Å². The van der Waals surface area contributed by atoms with Gasteiger partial charge in [0.15, 0.2) is 0 Å². The van der Waals surface area contributed by atoms with Gasteiger partial charge in [-0.2, -0.15) is 0 Å². The highest BCUT2D eigenvalue weighted by molar-refractivity contribution is 6.15. The monoisotopic (exact) mass is 385 g/mol. The van der Waals surface area contributed by atoms with E-state index in [1.807, 2.05) is 38.1 Å². The number of hydrogen-bond acceptors (Lipinski definition) is 4. The van der Waals surface area contributed by atoms with Crippen LogP contribution in [0, 0.1) is 5.92 Å². The molecule has 1 saturated carbocycles. The average Bonchev–Trinajstić information content (AvgIpc) is 3.02. The smallest absolute Gasteiger partial charge is 0.249 e. The molecule has 1 fully saturated rings. The van der Waals surface area contributed by atoms with Crippen molar-refractivity contribution in [2.45, 2.75) is 45.3 Å². The van der Waals surface area contributed by atoms with Crippen LogP contribution in [0.25, 0.3) is 0 Å². The van der Waals surface area contributed by atoms with Crippen LogP contribution in [0.3, 0.4) is 0 Å². The Morgan fingerprint density at radius 3 is 2.75 bits per heavy atom. The van der Waals surface area contributed by atoms with Crippen LogP contribution in [0.15, 0.2) is 41.5 Å². The highest BCUT2D eigenvalue weighted by Crippen LogP contribution is 2.42. The first-order valence-electron chi connectivity index (χ1n) is 9.30. The van der Waals surface area contributed by atoms with Gasteiger partial charge in [-0.25, -0.2) is 13.8 Å². The van der Waals surface area contributed by atoms with Crippen molar-refractivity contribution in [2.75, 3.05) is 5.32 Å². The molecule has 1 amide bonds. The molecular formula is C21H21F2N3O2. The van der Waals surface area contributed by atoms with Crippen LogP contribution in [-0.2, 0) is 11.3 Å². The lowest BCUT2D eigenvalue weighted by molar-refractivity contribution is -0.145. The summed E-state index contributed by atoms with van der Waals surface area (Å²) in [5.74, 6) is -2.70. The predicted octanol–water partition coefficient (Wildman–Crippen LogP) is 4.20. The zero-order chi connectivity index (χ0) is 19.9. The first-order valence-corrected chi connectivity index (χ1v) is 9.30. The second-order valence-electron chi connectivity index (χ2n) is 7.53. The van der Waals surface area contributed by atoms with Crippen LogP contribution in [0.4, 0.5) is 14.6 Å². The van der Waals surface area contributed by atoms with E-state index in [-0.39, 0.29) is 6.10 Å². The molecule has 146 valence electrons. The minimum atomic E-state index is -2.73. The van der Waals surface area contributed by atoms with Crippen LogP contribution in [0.1, 0.15) is 43.4 Å². The van der Waals surface area contributed by atoms with Crippen molar-refractivity contribution in [3.8, 4) is 5.75 Å². The van der Waals surface area contributed by atoms with Crippen LogP contribution < -0.4 is 10.1 Å². The summed E-state index contributed by atoms with van der Waals surface area (Å²) in [5.41, 5.74) is 3.70. The Balaban J connectivity index is 1.52. The van der Waals surface area contributed by atoms with Gasteiger partial charge in [-0.05, 0) is 43.7 Å². The number of aromatic nitrogens is 1. The second-order valence-corrected chi connectivity index (χ2v) is 7.53. The number of amides is 1. The van der Waals surface area contributed by atoms with Crippen LogP contribution in [-0.4, -0.2) is 28.6 Å². The van der Waals surface area contributed by atoms with E-state index in [4.69, 9.17) is 4.74 Å². The SMILES string of the molecule is CC(C)Oc1ccc2c(c1)C(c1ccnc(NC(=O)C3CC(F)(F)C3)c1)=NC2. The van der Waals surface area contributed by atoms with E-state index in [2.05, 4.69) is 15.3 Å². The largest absolute Gasteiger partial charge is 0.491 e. The number of benzene rings is 1. The topological polar surface area (TPSA) is 63.6 Å². The summed E-state index contributed by atoms with van der Waals surface area (Å²) in [7, 11) is 0. The van der Waals surface area contributed by atoms with Gasteiger partial charge in [-0.15, -0.1) is 0 Å². The molecule has 1 aliphatic carbocycles. The summed E-state index contributed by atoms with van der Waals surface area (Å²) in [6.45, 7) is 4.52. The number of aliphatic imine (C=N–C) groups is 1. The molecule has 0 saturated heterocycles. The number of nitrogens with one attached hydrogen (secondary N) is 1. The first kappa shape index (κ1) is 18.5. The fourth-order valence-electron chi connectivity index (χ4n) is 3.48. The van der Waals surface area contributed by atoms with Gasteiger partial charge < -0.3 is 10.1 Å². The maximum atomic E-state index is 13.0. The molecule has 0 bridgehead atoms. The number of nitrogens with zero attached hydrogens (tertiary/aromatic N) is 2. The standard InChI is InChI=1S/C21H21F2N3O2/c1-12(2)28-16-4-3-14-11-25-19(17(14)8-16)13-5-6-24-18(7-13)26-20(27)15-9-21(22,23)10-15/h3-8,12,15H,9-11H2,1-2H3,(H,24,26,27). The Hall–Kier alpha value is -2.83. The molecule has 1 aromatic heterocycles. The Labute approximate surface area is 161 Å². The summed E-state index contributed by atoms with van der Waals surface area (Å²) in [5, 5.41) is 2.64. The van der Waals surface area contributed by atoms with Crippen molar-refractivity contribution in [1.82, 2.24) is 4.98 Å². The molecular weight excluding hydrogens is 364 g/mol. The number of rotatable bonds is 5. The number of anilines is 1. The van der Waals surface area contributed by atoms with Crippen molar-refractivity contribution >= 4 is 17.4 Å². The zero-order valence-corrected chi connectivity index (χ0v) is 15.7. The summed E-state index contributed by atoms with van der Waals surface area (Å²) < 4.78 is 31.7. The third-order valence-corrected chi connectivity index (χ3v) is 4.86. The molecule has 5 nitrogen and oxygen atoms in total. The Morgan fingerprint density at radius 1 is 1.25 bits per heavy atom. The quantitative estimate of drug-likeness (QED) is 0.839. The number of ether oxygens (including phenoxy) is 1. The molecule has 0 unspecified atom stereocenters. The summed E-state index contributed by atoms with van der Waals surface area (Å²) >= 11 is 0. The highest BCUT2D eigenvalue weighted by atomic mass is 19.3. The first-order chi connectivity index (χ1) is 13.3. The molecule has 0 radical (unpaired) electrons. The Kier molecular flexibility index (Phi) is 4.61. The highest BCUT2D eigenvalue weighted by Gasteiger charge is 2.48. The molecule has 1 aliphatic heterocycles. The predicted molar refractivity (Wildman–Crippen MR) is 102 cm³/mol. The van der Waals surface area contributed by atoms with Gasteiger partial charge in [-0.1, -0.05) is 6.07 Å². The summed E-state index contributed by atoms with van der Waals surface area (Å²) in [6.07, 6.45) is 0.838. The Morgan fingerprint density at radius 2 is 2.04 bits per heavy atom. The van der Waals surface area contributed by atoms with E-state index < -0.39 is 30.6 Å². The summed E-state index contributed by atoms with van der Waals surface area (Å²) in [4.78, 5) is 20.9. The third kappa shape index (κ3) is 3.74. The van der Waals surface area contributed by atoms with Gasteiger partial charge in [0.25, 0.3) is 0 Å². The van der Waals surface area contributed by atoms with Crippen molar-refractivity contribution in [1.29, 1.82) is 0 Å². The third-order valence-electron chi connectivity index (χ3n) is 4.86. The molecule has 2 aliphatic rings. The van der Waals surface area contributed by atoms with Crippen molar-refractivity contribution in [3.05, 3.63) is 53.2 Å². The van der Waals surface area contributed by atoms with Crippen LogP contribution in [0.5, 0.6) is 5.75 Å². The summed E-state index contributed by atoms with van der Waals surface area (Å²) in [6, 6.07) is 9.44.